The molecule has 0 saturated heterocycles. The number of ether oxygens (including phenoxy) is 2. The fourth-order valence-corrected chi connectivity index (χ4v) is 6.34. The van der Waals surface area contributed by atoms with Crippen molar-refractivity contribution in [1.29, 1.82) is 0 Å². The number of rotatable bonds is 16. The molecule has 0 aliphatic heterocycles. The first kappa shape index (κ1) is 32.2. The molecule has 10 heteroatoms. The molecule has 0 aliphatic rings. The van der Waals surface area contributed by atoms with Crippen LogP contribution in [0.4, 0.5) is 5.69 Å². The van der Waals surface area contributed by atoms with Gasteiger partial charge in [-0.05, 0) is 36.4 Å². The average Bonchev–Trinajstić information content (AvgIpc) is 3.10. The maximum absolute atomic E-state index is 12.9. The number of hydrogen-bond acceptors (Lipinski definition) is 8. The van der Waals surface area contributed by atoms with Gasteiger partial charge in [-0.15, -0.1) is 11.8 Å². The SMILES string of the molecule is O=C(Cn1c(CCSc2ccccc2)nc(=O)c2ccccc21)NCCOCCOCCNc1c2ccccc2nc2ccccc12. The fraction of sp³-hybridized carbons (Fsp3) is 0.243. The van der Waals surface area contributed by atoms with E-state index in [1.807, 2.05) is 77.4 Å². The number of amides is 1. The van der Waals surface area contributed by atoms with Crippen LogP contribution in [-0.2, 0) is 27.2 Å². The topological polar surface area (TPSA) is 107 Å². The summed E-state index contributed by atoms with van der Waals surface area (Å²) in [6.45, 7) is 2.85. The van der Waals surface area contributed by atoms with Crippen molar-refractivity contribution in [2.75, 3.05) is 50.6 Å². The maximum Gasteiger partial charge on any atom is 0.280 e. The zero-order valence-corrected chi connectivity index (χ0v) is 26.9. The number of para-hydroxylation sites is 3. The molecule has 1 amide bonds. The van der Waals surface area contributed by atoms with E-state index in [9.17, 15) is 9.59 Å². The predicted octanol–water partition coefficient (Wildman–Crippen LogP) is 5.69. The number of fused-ring (bicyclic) bond motifs is 3. The highest BCUT2D eigenvalue weighted by atomic mass is 32.2. The number of thioether (sulfide) groups is 1. The molecule has 6 aromatic rings. The molecular formula is C37H37N5O4S. The molecule has 9 nitrogen and oxygen atoms in total. The number of aromatic nitrogens is 3. The van der Waals surface area contributed by atoms with Crippen molar-refractivity contribution < 1.29 is 14.3 Å². The highest BCUT2D eigenvalue weighted by molar-refractivity contribution is 7.99. The zero-order valence-electron chi connectivity index (χ0n) is 26.1. The summed E-state index contributed by atoms with van der Waals surface area (Å²) in [6, 6.07) is 33.6. The van der Waals surface area contributed by atoms with Crippen molar-refractivity contribution in [3.8, 4) is 0 Å². The first-order chi connectivity index (χ1) is 23.2. The standard InChI is InChI=1S/C37H37N5O4S/c43-35(26-42-33-17-9-6-14-30(33)37(44)41-34(42)18-25-47-27-10-2-1-3-11-27)38-19-21-45-23-24-46-22-20-39-36-28-12-4-7-15-31(28)40-32-16-8-5-13-29(32)36/h1-17H,18-26H2,(H,38,43)(H,39,40). The molecule has 0 saturated carbocycles. The minimum atomic E-state index is -0.275. The predicted molar refractivity (Wildman–Crippen MR) is 189 cm³/mol. The van der Waals surface area contributed by atoms with Gasteiger partial charge < -0.3 is 24.7 Å². The molecule has 240 valence electrons. The largest absolute Gasteiger partial charge is 0.382 e. The van der Waals surface area contributed by atoms with Crippen LogP contribution in [0.3, 0.4) is 0 Å². The van der Waals surface area contributed by atoms with Crippen LogP contribution < -0.4 is 16.2 Å². The minimum Gasteiger partial charge on any atom is -0.382 e. The molecule has 0 aliphatic carbocycles. The molecule has 0 radical (unpaired) electrons. The minimum absolute atomic E-state index is 0.0668. The molecular weight excluding hydrogens is 611 g/mol. The lowest BCUT2D eigenvalue weighted by Crippen LogP contribution is -2.33. The van der Waals surface area contributed by atoms with Crippen molar-refractivity contribution in [2.24, 2.45) is 0 Å². The Hall–Kier alpha value is -4.77. The van der Waals surface area contributed by atoms with Gasteiger partial charge in [-0.25, -0.2) is 4.98 Å². The Morgan fingerprint density at radius 1 is 0.702 bits per heavy atom. The molecule has 2 aromatic heterocycles. The highest BCUT2D eigenvalue weighted by Crippen LogP contribution is 2.30. The van der Waals surface area contributed by atoms with Crippen LogP contribution in [0.15, 0.2) is 113 Å². The van der Waals surface area contributed by atoms with Crippen LogP contribution in [0.1, 0.15) is 5.82 Å². The highest BCUT2D eigenvalue weighted by Gasteiger charge is 2.14. The first-order valence-corrected chi connectivity index (χ1v) is 16.8. The lowest BCUT2D eigenvalue weighted by atomic mass is 10.1. The molecule has 0 atom stereocenters. The van der Waals surface area contributed by atoms with E-state index in [1.165, 1.54) is 0 Å². The number of benzene rings is 4. The third kappa shape index (κ3) is 8.34. The van der Waals surface area contributed by atoms with Gasteiger partial charge in [-0.3, -0.25) is 9.59 Å². The van der Waals surface area contributed by atoms with Crippen molar-refractivity contribution >= 4 is 56.1 Å². The molecule has 0 unspecified atom stereocenters. The third-order valence-electron chi connectivity index (χ3n) is 7.68. The normalized spacial score (nSPS) is 11.3. The second-order valence-electron chi connectivity index (χ2n) is 10.9. The van der Waals surface area contributed by atoms with E-state index in [0.29, 0.717) is 62.7 Å². The van der Waals surface area contributed by atoms with E-state index < -0.39 is 0 Å². The monoisotopic (exact) mass is 647 g/mol. The van der Waals surface area contributed by atoms with Gasteiger partial charge in [0.15, 0.2) is 0 Å². The van der Waals surface area contributed by atoms with Crippen LogP contribution >= 0.6 is 11.8 Å². The van der Waals surface area contributed by atoms with Gasteiger partial charge in [-0.2, -0.15) is 4.98 Å². The van der Waals surface area contributed by atoms with Crippen LogP contribution in [0.2, 0.25) is 0 Å². The number of anilines is 1. The Morgan fingerprint density at radius 2 is 1.32 bits per heavy atom. The number of hydrogen-bond donors (Lipinski definition) is 2. The van der Waals surface area contributed by atoms with Crippen LogP contribution in [-0.4, -0.2) is 65.7 Å². The van der Waals surface area contributed by atoms with Crippen molar-refractivity contribution in [2.45, 2.75) is 17.9 Å². The summed E-state index contributed by atoms with van der Waals surface area (Å²) in [5, 5.41) is 9.13. The van der Waals surface area contributed by atoms with Crippen LogP contribution in [0.25, 0.3) is 32.7 Å². The number of carbonyl (C=O) groups is 1. The molecule has 2 heterocycles. The molecule has 0 fully saturated rings. The molecule has 0 bridgehead atoms. The molecule has 6 rings (SSSR count). The zero-order chi connectivity index (χ0) is 32.3. The fourth-order valence-electron chi connectivity index (χ4n) is 5.47. The lowest BCUT2D eigenvalue weighted by Gasteiger charge is -2.16. The number of nitrogens with zero attached hydrogens (tertiary/aromatic N) is 3. The number of nitrogens with one attached hydrogen (secondary N) is 2. The summed E-state index contributed by atoms with van der Waals surface area (Å²) in [7, 11) is 0. The van der Waals surface area contributed by atoms with E-state index in [0.717, 1.165) is 38.1 Å². The van der Waals surface area contributed by atoms with E-state index in [1.54, 1.807) is 17.8 Å². The maximum atomic E-state index is 12.9. The summed E-state index contributed by atoms with van der Waals surface area (Å²) in [5.74, 6) is 1.17. The van der Waals surface area contributed by atoms with Crippen LogP contribution in [0, 0.1) is 0 Å². The Morgan fingerprint density at radius 3 is 2.04 bits per heavy atom. The molecule has 2 N–H and O–H groups in total. The quantitative estimate of drug-likeness (QED) is 0.0784. The van der Waals surface area contributed by atoms with E-state index in [-0.39, 0.29) is 18.0 Å². The summed E-state index contributed by atoms with van der Waals surface area (Å²) in [5.41, 5.74) is 3.40. The number of carbonyl (C=O) groups excluding carboxylic acids is 1. The van der Waals surface area contributed by atoms with Gasteiger partial charge in [0.25, 0.3) is 5.56 Å². The van der Waals surface area contributed by atoms with E-state index in [2.05, 4.69) is 39.9 Å². The number of pyridine rings is 1. The molecule has 0 spiro atoms. The summed E-state index contributed by atoms with van der Waals surface area (Å²) >= 11 is 1.69. The first-order valence-electron chi connectivity index (χ1n) is 15.8. The van der Waals surface area contributed by atoms with Crippen molar-refractivity contribution in [3.63, 3.8) is 0 Å². The summed E-state index contributed by atoms with van der Waals surface area (Å²) in [4.78, 5) is 35.9. The Kier molecular flexibility index (Phi) is 11.1. The second kappa shape index (κ2) is 16.2. The van der Waals surface area contributed by atoms with Crippen molar-refractivity contribution in [1.82, 2.24) is 19.9 Å². The molecule has 4 aromatic carbocycles. The van der Waals surface area contributed by atoms with Gasteiger partial charge in [0.05, 0.1) is 54.1 Å². The Bertz CT molecular complexity index is 1960. The van der Waals surface area contributed by atoms with E-state index >= 15 is 0 Å². The van der Waals surface area contributed by atoms with Crippen molar-refractivity contribution in [3.05, 3.63) is 119 Å². The second-order valence-corrected chi connectivity index (χ2v) is 12.0. The van der Waals surface area contributed by atoms with Gasteiger partial charge in [0.2, 0.25) is 5.91 Å². The average molecular weight is 648 g/mol. The van der Waals surface area contributed by atoms with Gasteiger partial charge in [0, 0.05) is 40.9 Å². The van der Waals surface area contributed by atoms with Gasteiger partial charge in [0.1, 0.15) is 12.4 Å². The van der Waals surface area contributed by atoms with Gasteiger partial charge >= 0.3 is 0 Å². The molecule has 47 heavy (non-hydrogen) atoms. The lowest BCUT2D eigenvalue weighted by molar-refractivity contribution is -0.121. The number of aryl methyl sites for hydroxylation is 1. The summed E-state index contributed by atoms with van der Waals surface area (Å²) < 4.78 is 13.3. The Labute approximate surface area is 277 Å². The Balaban J connectivity index is 0.926. The van der Waals surface area contributed by atoms with Crippen LogP contribution in [0.5, 0.6) is 0 Å². The third-order valence-corrected chi connectivity index (χ3v) is 8.70. The van der Waals surface area contributed by atoms with Gasteiger partial charge in [-0.1, -0.05) is 66.7 Å². The smallest absolute Gasteiger partial charge is 0.280 e. The summed E-state index contributed by atoms with van der Waals surface area (Å²) in [6.07, 6.45) is 0.557. The van der Waals surface area contributed by atoms with E-state index in [4.69, 9.17) is 14.5 Å².